The van der Waals surface area contributed by atoms with Gasteiger partial charge in [-0.25, -0.2) is 9.78 Å². The van der Waals surface area contributed by atoms with Crippen molar-refractivity contribution in [3.63, 3.8) is 0 Å². The van der Waals surface area contributed by atoms with Crippen LogP contribution in [0.15, 0.2) is 40.2 Å². The van der Waals surface area contributed by atoms with E-state index in [1.54, 1.807) is 24.3 Å². The van der Waals surface area contributed by atoms with Crippen molar-refractivity contribution < 1.29 is 4.79 Å². The van der Waals surface area contributed by atoms with Crippen LogP contribution < -0.4 is 17.0 Å². The molecule has 2 N–H and O–H groups in total. The molecule has 0 radical (unpaired) electrons. The minimum absolute atomic E-state index is 0.0615. The number of benzene rings is 1. The van der Waals surface area contributed by atoms with Gasteiger partial charge in [-0.1, -0.05) is 0 Å². The number of aromatic nitrogens is 4. The van der Waals surface area contributed by atoms with Gasteiger partial charge in [0, 0.05) is 25.3 Å². The molecule has 8 heteroatoms. The van der Waals surface area contributed by atoms with Crippen molar-refractivity contribution in [1.29, 1.82) is 0 Å². The van der Waals surface area contributed by atoms with E-state index >= 15 is 0 Å². The number of nitrogen functional groups attached to an aromatic ring is 1. The summed E-state index contributed by atoms with van der Waals surface area (Å²) in [5, 5.41) is 0. The maximum Gasteiger partial charge on any atom is 0.332 e. The largest absolute Gasteiger partial charge is 0.399 e. The second-order valence-corrected chi connectivity index (χ2v) is 4.92. The lowest BCUT2D eigenvalue weighted by Crippen LogP contribution is -2.38. The van der Waals surface area contributed by atoms with Crippen molar-refractivity contribution in [3.05, 3.63) is 57.0 Å². The quantitative estimate of drug-likeness (QED) is 0.621. The standard InChI is InChI=1S/C14H13N5O3/c1-17-11-10(13(21)18(2)14(17)22)19(7-16-11)12(20)8-3-5-9(15)6-4-8/h3-7H,15H2,1-2H3. The monoisotopic (exact) mass is 299 g/mol. The Balaban J connectivity index is 2.29. The fourth-order valence-electron chi connectivity index (χ4n) is 2.26. The van der Waals surface area contributed by atoms with Gasteiger partial charge in [0.1, 0.15) is 6.33 Å². The molecule has 0 saturated heterocycles. The smallest absolute Gasteiger partial charge is 0.332 e. The molecule has 0 amide bonds. The zero-order valence-corrected chi connectivity index (χ0v) is 12.0. The maximum atomic E-state index is 12.5. The fourth-order valence-corrected chi connectivity index (χ4v) is 2.26. The summed E-state index contributed by atoms with van der Waals surface area (Å²) < 4.78 is 3.31. The molecule has 0 aliphatic heterocycles. The molecule has 0 fully saturated rings. The van der Waals surface area contributed by atoms with Crippen molar-refractivity contribution >= 4 is 22.8 Å². The number of rotatable bonds is 1. The Morgan fingerprint density at radius 3 is 2.36 bits per heavy atom. The maximum absolute atomic E-state index is 12.5. The normalized spacial score (nSPS) is 11.0. The number of nitrogens with two attached hydrogens (primary N) is 1. The van der Waals surface area contributed by atoms with Crippen LogP contribution in [0.5, 0.6) is 0 Å². The van der Waals surface area contributed by atoms with E-state index in [-0.39, 0.29) is 11.2 Å². The molecule has 112 valence electrons. The summed E-state index contributed by atoms with van der Waals surface area (Å²) in [6, 6.07) is 6.33. The highest BCUT2D eigenvalue weighted by Gasteiger charge is 2.19. The van der Waals surface area contributed by atoms with Gasteiger partial charge in [0.15, 0.2) is 11.2 Å². The Kier molecular flexibility index (Phi) is 2.94. The van der Waals surface area contributed by atoms with Crippen LogP contribution in [-0.4, -0.2) is 24.6 Å². The molecule has 0 aliphatic carbocycles. The highest BCUT2D eigenvalue weighted by atomic mass is 16.2. The van der Waals surface area contributed by atoms with Gasteiger partial charge < -0.3 is 5.73 Å². The molecule has 0 saturated carbocycles. The van der Waals surface area contributed by atoms with E-state index in [1.165, 1.54) is 25.0 Å². The lowest BCUT2D eigenvalue weighted by atomic mass is 10.2. The molecule has 3 aromatic rings. The van der Waals surface area contributed by atoms with E-state index < -0.39 is 17.2 Å². The summed E-state index contributed by atoms with van der Waals surface area (Å²) in [6.45, 7) is 0. The van der Waals surface area contributed by atoms with Gasteiger partial charge in [0.2, 0.25) is 0 Å². The van der Waals surface area contributed by atoms with Crippen molar-refractivity contribution in [3.8, 4) is 0 Å². The Morgan fingerprint density at radius 2 is 1.73 bits per heavy atom. The Morgan fingerprint density at radius 1 is 1.09 bits per heavy atom. The van der Waals surface area contributed by atoms with Crippen molar-refractivity contribution in [2.24, 2.45) is 14.1 Å². The van der Waals surface area contributed by atoms with Gasteiger partial charge in [0.25, 0.3) is 11.5 Å². The number of imidazole rings is 1. The molecule has 0 aliphatic rings. The highest BCUT2D eigenvalue weighted by Crippen LogP contribution is 2.11. The van der Waals surface area contributed by atoms with Crippen LogP contribution in [0.4, 0.5) is 5.69 Å². The molecule has 0 spiro atoms. The van der Waals surface area contributed by atoms with Crippen molar-refractivity contribution in [1.82, 2.24) is 18.7 Å². The summed E-state index contributed by atoms with van der Waals surface area (Å²) in [4.78, 5) is 40.7. The fraction of sp³-hybridized carbons (Fsp3) is 0.143. The Bertz CT molecular complexity index is 1010. The number of carbonyl (C=O) groups excluding carboxylic acids is 1. The molecule has 3 rings (SSSR count). The predicted molar refractivity (Wildman–Crippen MR) is 80.8 cm³/mol. The minimum atomic E-state index is -0.570. The van der Waals surface area contributed by atoms with Gasteiger partial charge >= 0.3 is 5.69 Å². The SMILES string of the molecule is Cn1c(=O)c2c(ncn2C(=O)c2ccc(N)cc2)n(C)c1=O. The third kappa shape index (κ3) is 1.85. The second kappa shape index (κ2) is 4.69. The van der Waals surface area contributed by atoms with Gasteiger partial charge in [0.05, 0.1) is 0 Å². The van der Waals surface area contributed by atoms with Gasteiger partial charge in [-0.3, -0.25) is 23.3 Å². The first-order chi connectivity index (χ1) is 10.4. The summed E-state index contributed by atoms with van der Waals surface area (Å²) in [7, 11) is 2.85. The predicted octanol–water partition coefficient (Wildman–Crippen LogP) is -0.296. The summed E-state index contributed by atoms with van der Waals surface area (Å²) in [6.07, 6.45) is 1.24. The van der Waals surface area contributed by atoms with Crippen LogP contribution in [0.1, 0.15) is 10.4 Å². The van der Waals surface area contributed by atoms with Crippen LogP contribution in [0.25, 0.3) is 11.2 Å². The van der Waals surface area contributed by atoms with E-state index in [0.29, 0.717) is 11.3 Å². The number of aryl methyl sites for hydroxylation is 1. The minimum Gasteiger partial charge on any atom is -0.399 e. The molecule has 1 aromatic carbocycles. The first-order valence-corrected chi connectivity index (χ1v) is 6.45. The topological polar surface area (TPSA) is 105 Å². The average molecular weight is 299 g/mol. The molecule has 22 heavy (non-hydrogen) atoms. The van der Waals surface area contributed by atoms with Crippen LogP contribution >= 0.6 is 0 Å². The van der Waals surface area contributed by atoms with Gasteiger partial charge in [-0.15, -0.1) is 0 Å². The average Bonchev–Trinajstić information content (AvgIpc) is 2.96. The van der Waals surface area contributed by atoms with E-state index in [0.717, 1.165) is 9.13 Å². The lowest BCUT2D eigenvalue weighted by molar-refractivity contribution is 0.0964. The van der Waals surface area contributed by atoms with Crippen LogP contribution in [0, 0.1) is 0 Å². The Labute approximate surface area is 124 Å². The first kappa shape index (κ1) is 13.8. The molecule has 0 bridgehead atoms. The zero-order chi connectivity index (χ0) is 16.0. The zero-order valence-electron chi connectivity index (χ0n) is 12.0. The van der Waals surface area contributed by atoms with E-state index in [2.05, 4.69) is 4.98 Å². The highest BCUT2D eigenvalue weighted by molar-refractivity contribution is 6.00. The van der Waals surface area contributed by atoms with Gasteiger partial charge in [-0.05, 0) is 24.3 Å². The Hall–Kier alpha value is -3.16. The second-order valence-electron chi connectivity index (χ2n) is 4.92. The van der Waals surface area contributed by atoms with Gasteiger partial charge in [-0.2, -0.15) is 0 Å². The molecule has 2 aromatic heterocycles. The summed E-state index contributed by atoms with van der Waals surface area (Å²) in [5.74, 6) is -0.418. The van der Waals surface area contributed by atoms with Crippen molar-refractivity contribution in [2.75, 3.05) is 5.73 Å². The molecule has 2 heterocycles. The summed E-state index contributed by atoms with van der Waals surface area (Å²) in [5.41, 5.74) is 5.65. The molecular weight excluding hydrogens is 286 g/mol. The van der Waals surface area contributed by atoms with Crippen LogP contribution in [-0.2, 0) is 14.1 Å². The third-order valence-electron chi connectivity index (χ3n) is 3.52. The number of anilines is 1. The van der Waals surface area contributed by atoms with Crippen LogP contribution in [0.3, 0.4) is 0 Å². The molecule has 8 nitrogen and oxygen atoms in total. The molecular formula is C14H13N5O3. The van der Waals surface area contributed by atoms with Crippen molar-refractivity contribution in [2.45, 2.75) is 0 Å². The first-order valence-electron chi connectivity index (χ1n) is 6.45. The van der Waals surface area contributed by atoms with Crippen LogP contribution in [0.2, 0.25) is 0 Å². The number of nitrogens with zero attached hydrogens (tertiary/aromatic N) is 4. The summed E-state index contributed by atoms with van der Waals surface area (Å²) >= 11 is 0. The number of carbonyl (C=O) groups is 1. The molecule has 0 unspecified atom stereocenters. The lowest BCUT2D eigenvalue weighted by Gasteiger charge is -2.06. The van der Waals surface area contributed by atoms with E-state index in [4.69, 9.17) is 5.73 Å². The number of fused-ring (bicyclic) bond motifs is 1. The number of hydrogen-bond acceptors (Lipinski definition) is 5. The number of hydrogen-bond donors (Lipinski definition) is 1. The third-order valence-corrected chi connectivity index (χ3v) is 3.52. The van der Waals surface area contributed by atoms with E-state index in [9.17, 15) is 14.4 Å². The molecule has 0 atom stereocenters. The van der Waals surface area contributed by atoms with E-state index in [1.807, 2.05) is 0 Å².